The highest BCUT2D eigenvalue weighted by Crippen LogP contribution is 2.32. The molecule has 150 valence electrons. The first-order chi connectivity index (χ1) is 14.4. The minimum Gasteiger partial charge on any atom is -0.497 e. The highest BCUT2D eigenvalue weighted by Gasteiger charge is 2.28. The van der Waals surface area contributed by atoms with Gasteiger partial charge in [0.25, 0.3) is 0 Å². The SMILES string of the molecule is COc1ccc(C(=O)c2cnc3ccccc3c2S(=O)(=O)c2ccc(Cl)cc2)cc1. The van der Waals surface area contributed by atoms with Gasteiger partial charge in [0.05, 0.1) is 28.0 Å². The van der Waals surface area contributed by atoms with Crippen molar-refractivity contribution in [3.8, 4) is 5.75 Å². The van der Waals surface area contributed by atoms with Crippen LogP contribution in [0.3, 0.4) is 0 Å². The Morgan fingerprint density at radius 1 is 0.933 bits per heavy atom. The van der Waals surface area contributed by atoms with Gasteiger partial charge in [-0.05, 0) is 54.6 Å². The summed E-state index contributed by atoms with van der Waals surface area (Å²) in [6.45, 7) is 0. The fourth-order valence-electron chi connectivity index (χ4n) is 3.20. The molecule has 0 aliphatic carbocycles. The molecule has 0 N–H and O–H groups in total. The molecule has 0 atom stereocenters. The summed E-state index contributed by atoms with van der Waals surface area (Å²) in [5.74, 6) is 0.153. The van der Waals surface area contributed by atoms with Gasteiger partial charge in [0, 0.05) is 22.2 Å². The number of fused-ring (bicyclic) bond motifs is 1. The second-order valence-corrected chi connectivity index (χ2v) is 8.86. The van der Waals surface area contributed by atoms with E-state index in [4.69, 9.17) is 16.3 Å². The highest BCUT2D eigenvalue weighted by molar-refractivity contribution is 7.91. The molecule has 0 unspecified atom stereocenters. The summed E-state index contributed by atoms with van der Waals surface area (Å²) in [6.07, 6.45) is 1.32. The number of ketones is 1. The minimum atomic E-state index is -4.02. The average molecular weight is 438 g/mol. The van der Waals surface area contributed by atoms with Gasteiger partial charge in [0.2, 0.25) is 9.84 Å². The molecular weight excluding hydrogens is 422 g/mol. The van der Waals surface area contributed by atoms with Gasteiger partial charge in [-0.2, -0.15) is 0 Å². The van der Waals surface area contributed by atoms with Crippen LogP contribution in [0.1, 0.15) is 15.9 Å². The van der Waals surface area contributed by atoms with Gasteiger partial charge < -0.3 is 4.74 Å². The number of sulfone groups is 1. The van der Waals surface area contributed by atoms with Crippen LogP contribution in [0.2, 0.25) is 5.02 Å². The van der Waals surface area contributed by atoms with Gasteiger partial charge in [-0.3, -0.25) is 9.78 Å². The lowest BCUT2D eigenvalue weighted by atomic mass is 10.0. The second kappa shape index (κ2) is 7.89. The van der Waals surface area contributed by atoms with Crippen LogP contribution >= 0.6 is 11.6 Å². The molecule has 1 aromatic heterocycles. The van der Waals surface area contributed by atoms with Crippen molar-refractivity contribution in [3.63, 3.8) is 0 Å². The van der Waals surface area contributed by atoms with Gasteiger partial charge >= 0.3 is 0 Å². The van der Waals surface area contributed by atoms with Crippen molar-refractivity contribution < 1.29 is 17.9 Å². The average Bonchev–Trinajstić information content (AvgIpc) is 2.78. The lowest BCUT2D eigenvalue weighted by Crippen LogP contribution is -2.12. The third kappa shape index (κ3) is 3.56. The zero-order valence-corrected chi connectivity index (χ0v) is 17.4. The third-order valence-corrected chi connectivity index (χ3v) is 6.84. The van der Waals surface area contributed by atoms with Gasteiger partial charge in [-0.25, -0.2) is 8.42 Å². The van der Waals surface area contributed by atoms with E-state index in [2.05, 4.69) is 4.98 Å². The maximum absolute atomic E-state index is 13.6. The molecule has 1 heterocycles. The van der Waals surface area contributed by atoms with Crippen LogP contribution in [0.4, 0.5) is 0 Å². The van der Waals surface area contributed by atoms with Crippen LogP contribution in [0.25, 0.3) is 10.9 Å². The Balaban J connectivity index is 1.97. The summed E-state index contributed by atoms with van der Waals surface area (Å²) in [5.41, 5.74) is 0.825. The molecule has 0 aliphatic rings. The molecule has 0 bridgehead atoms. The van der Waals surface area contributed by atoms with Crippen LogP contribution in [-0.4, -0.2) is 26.3 Å². The van der Waals surface area contributed by atoms with Crippen LogP contribution in [0.15, 0.2) is 88.8 Å². The number of carbonyl (C=O) groups is 1. The Morgan fingerprint density at radius 3 is 2.27 bits per heavy atom. The smallest absolute Gasteiger partial charge is 0.208 e. The lowest BCUT2D eigenvalue weighted by Gasteiger charge is -2.13. The molecule has 4 rings (SSSR count). The van der Waals surface area contributed by atoms with E-state index in [0.29, 0.717) is 27.2 Å². The van der Waals surface area contributed by atoms with Crippen molar-refractivity contribution in [1.82, 2.24) is 4.98 Å². The molecule has 5 nitrogen and oxygen atoms in total. The number of aromatic nitrogens is 1. The predicted molar refractivity (Wildman–Crippen MR) is 115 cm³/mol. The summed E-state index contributed by atoms with van der Waals surface area (Å²) in [7, 11) is -2.49. The summed E-state index contributed by atoms with van der Waals surface area (Å²) in [5, 5.41) is 0.801. The van der Waals surface area contributed by atoms with E-state index in [1.54, 1.807) is 48.5 Å². The van der Waals surface area contributed by atoms with E-state index in [1.807, 2.05) is 0 Å². The molecule has 3 aromatic carbocycles. The maximum atomic E-state index is 13.6. The zero-order chi connectivity index (χ0) is 21.3. The Bertz CT molecular complexity index is 1350. The van der Waals surface area contributed by atoms with Gasteiger partial charge in [0.15, 0.2) is 5.78 Å². The van der Waals surface area contributed by atoms with Crippen molar-refractivity contribution in [3.05, 3.63) is 95.1 Å². The van der Waals surface area contributed by atoms with Crippen molar-refractivity contribution in [2.24, 2.45) is 0 Å². The fourth-order valence-corrected chi connectivity index (χ4v) is 4.95. The molecule has 0 aliphatic heterocycles. The first-order valence-electron chi connectivity index (χ1n) is 8.99. The number of pyridine rings is 1. The Morgan fingerprint density at radius 2 is 1.60 bits per heavy atom. The number of ether oxygens (including phenoxy) is 1. The first kappa shape index (κ1) is 20.1. The largest absolute Gasteiger partial charge is 0.497 e. The molecule has 7 heteroatoms. The molecule has 0 saturated carbocycles. The third-order valence-electron chi connectivity index (χ3n) is 4.72. The van der Waals surface area contributed by atoms with Crippen molar-refractivity contribution in [1.29, 1.82) is 0 Å². The topological polar surface area (TPSA) is 73.3 Å². The van der Waals surface area contributed by atoms with E-state index in [9.17, 15) is 13.2 Å². The number of hydrogen-bond donors (Lipinski definition) is 0. The van der Waals surface area contributed by atoms with E-state index in [0.717, 1.165) is 0 Å². The van der Waals surface area contributed by atoms with Crippen LogP contribution < -0.4 is 4.74 Å². The Kier molecular flexibility index (Phi) is 5.28. The second-order valence-electron chi connectivity index (χ2n) is 6.53. The number of para-hydroxylation sites is 1. The molecule has 0 radical (unpaired) electrons. The Hall–Kier alpha value is -3.22. The summed E-state index contributed by atoms with van der Waals surface area (Å²) < 4.78 is 32.3. The predicted octanol–water partition coefficient (Wildman–Crippen LogP) is 4.96. The maximum Gasteiger partial charge on any atom is 0.208 e. The van der Waals surface area contributed by atoms with Crippen LogP contribution in [-0.2, 0) is 9.84 Å². The van der Waals surface area contributed by atoms with Crippen LogP contribution in [0.5, 0.6) is 5.75 Å². The van der Waals surface area contributed by atoms with E-state index in [-0.39, 0.29) is 15.4 Å². The van der Waals surface area contributed by atoms with Gasteiger partial charge in [-0.1, -0.05) is 29.8 Å². The summed E-state index contributed by atoms with van der Waals surface area (Å²) >= 11 is 5.92. The summed E-state index contributed by atoms with van der Waals surface area (Å²) in [4.78, 5) is 17.6. The zero-order valence-electron chi connectivity index (χ0n) is 15.9. The Labute approximate surface area is 178 Å². The number of benzene rings is 3. The highest BCUT2D eigenvalue weighted by atomic mass is 35.5. The monoisotopic (exact) mass is 437 g/mol. The summed E-state index contributed by atoms with van der Waals surface area (Å²) in [6, 6.07) is 19.2. The van der Waals surface area contributed by atoms with Crippen molar-refractivity contribution in [2.75, 3.05) is 7.11 Å². The molecule has 30 heavy (non-hydrogen) atoms. The van der Waals surface area contributed by atoms with Crippen molar-refractivity contribution in [2.45, 2.75) is 9.79 Å². The molecular formula is C23H16ClNO4S. The minimum absolute atomic E-state index is 0.00816. The fraction of sp³-hybridized carbons (Fsp3) is 0.0435. The quantitative estimate of drug-likeness (QED) is 0.412. The van der Waals surface area contributed by atoms with Gasteiger partial charge in [-0.15, -0.1) is 0 Å². The number of nitrogens with zero attached hydrogens (tertiary/aromatic N) is 1. The van der Waals surface area contributed by atoms with Crippen molar-refractivity contribution >= 4 is 38.1 Å². The first-order valence-corrected chi connectivity index (χ1v) is 10.8. The lowest BCUT2D eigenvalue weighted by molar-refractivity contribution is 0.103. The van der Waals surface area contributed by atoms with E-state index >= 15 is 0 Å². The molecule has 0 spiro atoms. The van der Waals surface area contributed by atoms with Gasteiger partial charge in [0.1, 0.15) is 5.75 Å². The molecule has 4 aromatic rings. The van der Waals surface area contributed by atoms with E-state index < -0.39 is 15.6 Å². The number of methoxy groups -OCH3 is 1. The normalized spacial score (nSPS) is 11.4. The van der Waals surface area contributed by atoms with E-state index in [1.165, 1.54) is 37.6 Å². The number of hydrogen-bond acceptors (Lipinski definition) is 5. The van der Waals surface area contributed by atoms with Crippen LogP contribution in [0, 0.1) is 0 Å². The molecule has 0 saturated heterocycles. The standard InChI is InChI=1S/C23H16ClNO4S/c1-29-17-10-6-15(7-11-17)22(26)20-14-25-21-5-3-2-4-19(21)23(20)30(27,28)18-12-8-16(24)9-13-18/h2-14H,1H3. The molecule has 0 amide bonds. The number of rotatable bonds is 5. The number of carbonyl (C=O) groups excluding carboxylic acids is 1. The molecule has 0 fully saturated rings. The number of halogens is 1.